The van der Waals surface area contributed by atoms with Crippen molar-refractivity contribution in [1.29, 1.82) is 0 Å². The minimum atomic E-state index is -3.75. The molecule has 0 spiro atoms. The number of hydrogen-bond acceptors (Lipinski definition) is 8. The van der Waals surface area contributed by atoms with E-state index in [1.807, 2.05) is 0 Å². The summed E-state index contributed by atoms with van der Waals surface area (Å²) in [6, 6.07) is 5.88. The third kappa shape index (κ3) is 5.03. The number of benzene rings is 1. The number of carbonyl (C=O) groups excluding carboxylic acids is 1. The average molecular weight is 474 g/mol. The molecule has 1 amide bonds. The normalized spacial score (nSPS) is 15.8. The van der Waals surface area contributed by atoms with Crippen LogP contribution in [0.2, 0.25) is 0 Å². The van der Waals surface area contributed by atoms with Crippen molar-refractivity contribution < 1.29 is 26.6 Å². The zero-order chi connectivity index (χ0) is 22.1. The highest BCUT2D eigenvalue weighted by Crippen LogP contribution is 2.24. The van der Waals surface area contributed by atoms with E-state index < -0.39 is 36.4 Å². The smallest absolute Gasteiger partial charge is 0.271 e. The molecular formula is C17H19N3O7S3. The Kier molecular flexibility index (Phi) is 6.26. The van der Waals surface area contributed by atoms with Crippen molar-refractivity contribution in [2.75, 3.05) is 19.3 Å². The van der Waals surface area contributed by atoms with Gasteiger partial charge in [-0.3, -0.25) is 14.9 Å². The highest BCUT2D eigenvalue weighted by atomic mass is 32.2. The van der Waals surface area contributed by atoms with E-state index in [9.17, 15) is 31.7 Å². The average Bonchev–Trinajstić information content (AvgIpc) is 3.22. The van der Waals surface area contributed by atoms with Crippen LogP contribution in [0, 0.1) is 10.1 Å². The maximum atomic E-state index is 12.8. The molecule has 1 N–H and O–H groups in total. The number of likely N-dealkylation sites (tertiary alicyclic amines) is 1. The lowest BCUT2D eigenvalue weighted by molar-refractivity contribution is -0.385. The van der Waals surface area contributed by atoms with Gasteiger partial charge in [0.2, 0.25) is 10.0 Å². The monoisotopic (exact) mass is 473 g/mol. The van der Waals surface area contributed by atoms with Crippen LogP contribution in [-0.2, 0) is 19.9 Å². The molecule has 0 atom stereocenters. The summed E-state index contributed by atoms with van der Waals surface area (Å²) in [7, 11) is -7.37. The molecule has 0 unspecified atom stereocenters. The molecule has 0 bridgehead atoms. The molecule has 13 heteroatoms. The number of sulfonamides is 1. The van der Waals surface area contributed by atoms with Crippen LogP contribution in [0.1, 0.15) is 23.2 Å². The molecule has 0 radical (unpaired) electrons. The number of thiophene rings is 1. The second-order valence-electron chi connectivity index (χ2n) is 6.86. The van der Waals surface area contributed by atoms with E-state index in [0.29, 0.717) is 12.8 Å². The molecule has 1 aromatic heterocycles. The number of hydrogen-bond donors (Lipinski definition) is 1. The minimum Gasteiger partial charge on any atom is -0.339 e. The second-order valence-corrected chi connectivity index (χ2v) is 11.8. The third-order valence-electron chi connectivity index (χ3n) is 4.64. The fourth-order valence-electron chi connectivity index (χ4n) is 3.10. The summed E-state index contributed by atoms with van der Waals surface area (Å²) >= 11 is 1.11. The van der Waals surface area contributed by atoms with Crippen LogP contribution < -0.4 is 4.72 Å². The molecule has 1 aliphatic heterocycles. The minimum absolute atomic E-state index is 0.0951. The summed E-state index contributed by atoms with van der Waals surface area (Å²) in [4.78, 5) is 24.3. The van der Waals surface area contributed by atoms with Gasteiger partial charge in [0.25, 0.3) is 11.6 Å². The van der Waals surface area contributed by atoms with Gasteiger partial charge in [0.1, 0.15) is 4.21 Å². The van der Waals surface area contributed by atoms with E-state index in [0.717, 1.165) is 35.8 Å². The van der Waals surface area contributed by atoms with Crippen LogP contribution in [0.25, 0.3) is 0 Å². The molecule has 1 fully saturated rings. The first kappa shape index (κ1) is 22.3. The number of nitro groups is 1. The van der Waals surface area contributed by atoms with Crippen molar-refractivity contribution in [2.45, 2.75) is 28.0 Å². The number of rotatable bonds is 6. The summed E-state index contributed by atoms with van der Waals surface area (Å²) < 4.78 is 51.1. The Balaban J connectivity index is 1.72. The van der Waals surface area contributed by atoms with E-state index in [1.54, 1.807) is 11.4 Å². The Bertz CT molecular complexity index is 1170. The van der Waals surface area contributed by atoms with E-state index in [2.05, 4.69) is 4.72 Å². The Hall–Kier alpha value is -2.35. The van der Waals surface area contributed by atoms with Gasteiger partial charge in [0, 0.05) is 43.1 Å². The summed E-state index contributed by atoms with van der Waals surface area (Å²) in [5.41, 5.74) is -0.581. The van der Waals surface area contributed by atoms with Crippen LogP contribution >= 0.6 is 11.3 Å². The van der Waals surface area contributed by atoms with Crippen LogP contribution in [0.3, 0.4) is 0 Å². The number of non-ortho nitro benzene ring substituents is 1. The molecule has 0 aliphatic carbocycles. The maximum absolute atomic E-state index is 12.8. The number of nitrogens with one attached hydrogen (secondary N) is 1. The topological polar surface area (TPSA) is 144 Å². The largest absolute Gasteiger partial charge is 0.339 e. The molecule has 1 aliphatic rings. The van der Waals surface area contributed by atoms with E-state index in [1.165, 1.54) is 11.0 Å². The van der Waals surface area contributed by atoms with Gasteiger partial charge in [-0.05, 0) is 30.4 Å². The van der Waals surface area contributed by atoms with Crippen LogP contribution in [0.4, 0.5) is 5.69 Å². The fraction of sp³-hybridized carbons (Fsp3) is 0.353. The Morgan fingerprint density at radius 3 is 2.40 bits per heavy atom. The predicted molar refractivity (Wildman–Crippen MR) is 110 cm³/mol. The van der Waals surface area contributed by atoms with Gasteiger partial charge in [0.15, 0.2) is 9.84 Å². The van der Waals surface area contributed by atoms with Gasteiger partial charge in [0.05, 0.1) is 9.82 Å². The lowest BCUT2D eigenvalue weighted by Gasteiger charge is -2.32. The molecular weight excluding hydrogens is 454 g/mol. The van der Waals surface area contributed by atoms with E-state index in [4.69, 9.17) is 0 Å². The Morgan fingerprint density at radius 1 is 1.20 bits per heavy atom. The molecule has 30 heavy (non-hydrogen) atoms. The molecule has 3 rings (SSSR count). The van der Waals surface area contributed by atoms with Crippen molar-refractivity contribution in [2.24, 2.45) is 0 Å². The number of piperidine rings is 1. The number of sulfone groups is 1. The number of amides is 1. The summed E-state index contributed by atoms with van der Waals surface area (Å²) in [5, 5.41) is 12.8. The number of nitro benzene ring substituents is 1. The molecule has 162 valence electrons. The molecule has 10 nitrogen and oxygen atoms in total. The van der Waals surface area contributed by atoms with Gasteiger partial charge in [-0.2, -0.15) is 0 Å². The molecule has 2 aromatic rings. The van der Waals surface area contributed by atoms with Gasteiger partial charge in [-0.1, -0.05) is 6.07 Å². The quantitative estimate of drug-likeness (QED) is 0.496. The highest BCUT2D eigenvalue weighted by Gasteiger charge is 2.29. The van der Waals surface area contributed by atoms with Gasteiger partial charge < -0.3 is 4.90 Å². The van der Waals surface area contributed by atoms with Crippen molar-refractivity contribution in [1.82, 2.24) is 9.62 Å². The third-order valence-corrected chi connectivity index (χ3v) is 8.65. The molecule has 1 saturated heterocycles. The first-order valence-electron chi connectivity index (χ1n) is 8.82. The SMILES string of the molecule is CS(=O)(=O)c1cc(C(=O)N2CCC(NS(=O)(=O)c3cccs3)CC2)cc([N+](=O)[O-])c1. The van der Waals surface area contributed by atoms with Crippen LogP contribution in [0.15, 0.2) is 44.8 Å². The van der Waals surface area contributed by atoms with Crippen molar-refractivity contribution in [3.05, 3.63) is 51.4 Å². The lowest BCUT2D eigenvalue weighted by atomic mass is 10.0. The fourth-order valence-corrected chi connectivity index (χ4v) is 6.09. The number of nitrogens with zero attached hydrogens (tertiary/aromatic N) is 2. The maximum Gasteiger partial charge on any atom is 0.271 e. The Morgan fingerprint density at radius 2 is 1.87 bits per heavy atom. The first-order chi connectivity index (χ1) is 14.0. The zero-order valence-corrected chi connectivity index (χ0v) is 18.3. The van der Waals surface area contributed by atoms with Crippen LogP contribution in [0.5, 0.6) is 0 Å². The van der Waals surface area contributed by atoms with E-state index >= 15 is 0 Å². The molecule has 0 saturated carbocycles. The number of carbonyl (C=O) groups is 1. The lowest BCUT2D eigenvalue weighted by Crippen LogP contribution is -2.46. The van der Waals surface area contributed by atoms with Crippen molar-refractivity contribution >= 4 is 42.8 Å². The molecule has 1 aromatic carbocycles. The summed E-state index contributed by atoms with van der Waals surface area (Å²) in [6.45, 7) is 0.459. The highest BCUT2D eigenvalue weighted by molar-refractivity contribution is 7.91. The summed E-state index contributed by atoms with van der Waals surface area (Å²) in [5.74, 6) is -0.539. The second kappa shape index (κ2) is 8.41. The summed E-state index contributed by atoms with van der Waals surface area (Å²) in [6.07, 6.45) is 1.64. The van der Waals surface area contributed by atoms with E-state index in [-0.39, 0.29) is 33.8 Å². The standard InChI is InChI=1S/C17H19N3O7S3/c1-29(24,25)15-10-12(9-14(11-15)20(22)23)17(21)19-6-4-13(5-7-19)18-30(26,27)16-3-2-8-28-16/h2-3,8-11,13,18H,4-7H2,1H3. The zero-order valence-electron chi connectivity index (χ0n) is 15.8. The van der Waals surface area contributed by atoms with Gasteiger partial charge in [-0.25, -0.2) is 21.6 Å². The van der Waals surface area contributed by atoms with Crippen molar-refractivity contribution in [3.8, 4) is 0 Å². The van der Waals surface area contributed by atoms with Gasteiger partial charge >= 0.3 is 0 Å². The van der Waals surface area contributed by atoms with Crippen molar-refractivity contribution in [3.63, 3.8) is 0 Å². The van der Waals surface area contributed by atoms with Crippen LogP contribution in [-0.4, -0.2) is 58.0 Å². The first-order valence-corrected chi connectivity index (χ1v) is 13.1. The van der Waals surface area contributed by atoms with Gasteiger partial charge in [-0.15, -0.1) is 11.3 Å². The Labute approximate surface area is 177 Å². The molecule has 2 heterocycles. The predicted octanol–water partition coefficient (Wildman–Crippen LogP) is 1.64.